The number of amides is 1. The number of sulfonamides is 2. The SMILES string of the molecule is CS(=O)(=O)N(/C=C1/CN(C(=O)O)CC1=O)S(C)(=O)=O. The van der Waals surface area contributed by atoms with Gasteiger partial charge in [-0.1, -0.05) is 0 Å². The second-order valence-corrected chi connectivity index (χ2v) is 7.92. The molecule has 0 saturated carbocycles. The summed E-state index contributed by atoms with van der Waals surface area (Å²) in [5.41, 5.74) is -0.196. The van der Waals surface area contributed by atoms with E-state index in [9.17, 15) is 26.4 Å². The summed E-state index contributed by atoms with van der Waals surface area (Å²) in [5.74, 6) is -0.639. The lowest BCUT2D eigenvalue weighted by molar-refractivity contribution is -0.114. The topological polar surface area (TPSA) is 129 Å². The maximum absolute atomic E-state index is 11.5. The molecule has 19 heavy (non-hydrogen) atoms. The van der Waals surface area contributed by atoms with Crippen molar-refractivity contribution in [3.8, 4) is 0 Å². The summed E-state index contributed by atoms with van der Waals surface area (Å²) in [4.78, 5) is 22.9. The number of rotatable bonds is 3. The molecule has 1 heterocycles. The largest absolute Gasteiger partial charge is 0.465 e. The lowest BCUT2D eigenvalue weighted by Crippen LogP contribution is -2.31. The normalized spacial score (nSPS) is 18.9. The van der Waals surface area contributed by atoms with Gasteiger partial charge in [0.15, 0.2) is 5.78 Å². The lowest BCUT2D eigenvalue weighted by atomic mass is 10.2. The summed E-state index contributed by atoms with van der Waals surface area (Å²) in [6.07, 6.45) is 0.636. The second-order valence-electron chi connectivity index (χ2n) is 3.97. The Balaban J connectivity index is 3.20. The van der Waals surface area contributed by atoms with Crippen LogP contribution in [0.5, 0.6) is 0 Å². The Morgan fingerprint density at radius 1 is 1.21 bits per heavy atom. The van der Waals surface area contributed by atoms with Gasteiger partial charge in [0.05, 0.1) is 25.6 Å². The Morgan fingerprint density at radius 3 is 2.00 bits per heavy atom. The standard InChI is InChI=1S/C8H12N2O7S2/c1-18(14,15)10(19(2,16)17)4-6-3-9(8(12)13)5-7(6)11/h4H,3,5H2,1-2H3,(H,12,13)/b6-4-. The fraction of sp³-hybridized carbons (Fsp3) is 0.500. The smallest absolute Gasteiger partial charge is 0.408 e. The molecule has 0 bridgehead atoms. The summed E-state index contributed by atoms with van der Waals surface area (Å²) in [5, 5.41) is 8.70. The van der Waals surface area contributed by atoms with Crippen molar-refractivity contribution in [2.24, 2.45) is 0 Å². The third-order valence-electron chi connectivity index (χ3n) is 2.24. The van der Waals surface area contributed by atoms with E-state index in [-0.39, 0.29) is 15.8 Å². The predicted octanol–water partition coefficient (Wildman–Crippen LogP) is -1.35. The minimum Gasteiger partial charge on any atom is -0.465 e. The van der Waals surface area contributed by atoms with Crippen molar-refractivity contribution >= 4 is 31.9 Å². The van der Waals surface area contributed by atoms with E-state index in [1.54, 1.807) is 0 Å². The number of carboxylic acid groups (broad SMARTS) is 1. The molecule has 0 radical (unpaired) electrons. The van der Waals surface area contributed by atoms with E-state index >= 15 is 0 Å². The molecule has 1 N–H and O–H groups in total. The van der Waals surface area contributed by atoms with Crippen LogP contribution in [-0.4, -0.2) is 68.0 Å². The van der Waals surface area contributed by atoms with Gasteiger partial charge in [-0.3, -0.25) is 9.69 Å². The van der Waals surface area contributed by atoms with Crippen molar-refractivity contribution in [3.63, 3.8) is 0 Å². The molecule has 11 heteroatoms. The highest BCUT2D eigenvalue weighted by Gasteiger charge is 2.32. The maximum Gasteiger partial charge on any atom is 0.408 e. The van der Waals surface area contributed by atoms with Crippen molar-refractivity contribution in [1.29, 1.82) is 0 Å². The first-order valence-electron chi connectivity index (χ1n) is 4.84. The molecule has 0 unspecified atom stereocenters. The van der Waals surface area contributed by atoms with E-state index in [4.69, 9.17) is 5.11 Å². The summed E-state index contributed by atoms with van der Waals surface area (Å²) in [6.45, 7) is -0.780. The Morgan fingerprint density at radius 2 is 1.68 bits per heavy atom. The molecule has 0 aliphatic carbocycles. The first kappa shape index (κ1) is 15.4. The van der Waals surface area contributed by atoms with Crippen LogP contribution in [0.15, 0.2) is 11.8 Å². The van der Waals surface area contributed by atoms with Gasteiger partial charge in [-0.25, -0.2) is 21.6 Å². The number of carbonyl (C=O) groups excluding carboxylic acids is 1. The van der Waals surface area contributed by atoms with E-state index in [0.717, 1.165) is 4.90 Å². The van der Waals surface area contributed by atoms with Gasteiger partial charge in [0, 0.05) is 11.8 Å². The number of carbonyl (C=O) groups is 2. The summed E-state index contributed by atoms with van der Waals surface area (Å²) < 4.78 is 45.4. The molecule has 1 rings (SSSR count). The quantitative estimate of drug-likeness (QED) is 0.638. The monoisotopic (exact) mass is 312 g/mol. The zero-order chi connectivity index (χ0) is 15.0. The van der Waals surface area contributed by atoms with Gasteiger partial charge in [-0.05, 0) is 0 Å². The highest BCUT2D eigenvalue weighted by atomic mass is 32.3. The Kier molecular flexibility index (Phi) is 3.91. The van der Waals surface area contributed by atoms with Gasteiger partial charge in [-0.2, -0.15) is 3.71 Å². The van der Waals surface area contributed by atoms with Crippen LogP contribution in [0.2, 0.25) is 0 Å². The molecule has 0 atom stereocenters. The number of hydrogen-bond acceptors (Lipinski definition) is 6. The molecule has 1 saturated heterocycles. The average Bonchev–Trinajstić information content (AvgIpc) is 2.53. The Hall–Kier alpha value is -1.62. The van der Waals surface area contributed by atoms with E-state index < -0.39 is 38.5 Å². The van der Waals surface area contributed by atoms with Gasteiger partial charge in [0.2, 0.25) is 20.0 Å². The third-order valence-corrected chi connectivity index (χ3v) is 5.38. The van der Waals surface area contributed by atoms with Gasteiger partial charge in [-0.15, -0.1) is 0 Å². The van der Waals surface area contributed by atoms with Crippen LogP contribution in [0.4, 0.5) is 4.79 Å². The highest BCUT2D eigenvalue weighted by Crippen LogP contribution is 2.16. The van der Waals surface area contributed by atoms with Crippen LogP contribution < -0.4 is 0 Å². The molecule has 1 amide bonds. The molecule has 0 aromatic carbocycles. The van der Waals surface area contributed by atoms with Crippen molar-refractivity contribution < 1.29 is 31.5 Å². The molecule has 9 nitrogen and oxygen atoms in total. The molecule has 1 fully saturated rings. The van der Waals surface area contributed by atoms with Crippen LogP contribution in [0.25, 0.3) is 0 Å². The zero-order valence-corrected chi connectivity index (χ0v) is 11.7. The van der Waals surface area contributed by atoms with Gasteiger partial charge < -0.3 is 5.11 Å². The molecular weight excluding hydrogens is 300 g/mol. The van der Waals surface area contributed by atoms with Gasteiger partial charge >= 0.3 is 6.09 Å². The van der Waals surface area contributed by atoms with Crippen LogP contribution in [0.3, 0.4) is 0 Å². The third kappa shape index (κ3) is 3.67. The lowest BCUT2D eigenvalue weighted by Gasteiger charge is -2.15. The van der Waals surface area contributed by atoms with Crippen LogP contribution in [-0.2, 0) is 24.8 Å². The number of likely N-dealkylation sites (tertiary alicyclic amines) is 1. The molecule has 108 valence electrons. The van der Waals surface area contributed by atoms with E-state index in [0.29, 0.717) is 18.7 Å². The Labute approximate surface area is 110 Å². The highest BCUT2D eigenvalue weighted by molar-refractivity contribution is 8.03. The fourth-order valence-corrected chi connectivity index (χ4v) is 4.04. The van der Waals surface area contributed by atoms with E-state index in [1.165, 1.54) is 0 Å². The van der Waals surface area contributed by atoms with Crippen molar-refractivity contribution in [3.05, 3.63) is 11.8 Å². The summed E-state index contributed by atoms with van der Waals surface area (Å²) in [7, 11) is -8.24. The van der Waals surface area contributed by atoms with Crippen LogP contribution >= 0.6 is 0 Å². The molecule has 1 aliphatic heterocycles. The van der Waals surface area contributed by atoms with E-state index in [1.807, 2.05) is 0 Å². The van der Waals surface area contributed by atoms with Gasteiger partial charge in [0.1, 0.15) is 0 Å². The molecular formula is C8H12N2O7S2. The first-order valence-corrected chi connectivity index (χ1v) is 8.54. The minimum atomic E-state index is -4.12. The predicted molar refractivity (Wildman–Crippen MR) is 64.2 cm³/mol. The first-order chi connectivity index (χ1) is 8.43. The van der Waals surface area contributed by atoms with Crippen molar-refractivity contribution in [2.45, 2.75) is 0 Å². The zero-order valence-electron chi connectivity index (χ0n) is 10.1. The number of nitrogens with zero attached hydrogens (tertiary/aromatic N) is 2. The number of ketones is 1. The van der Waals surface area contributed by atoms with Crippen molar-refractivity contribution in [1.82, 2.24) is 8.61 Å². The van der Waals surface area contributed by atoms with Crippen LogP contribution in [0, 0.1) is 0 Å². The Bertz CT molecular complexity index is 615. The number of hydrogen-bond donors (Lipinski definition) is 1. The molecule has 0 aromatic rings. The fourth-order valence-electron chi connectivity index (χ4n) is 1.44. The van der Waals surface area contributed by atoms with Gasteiger partial charge in [0.25, 0.3) is 0 Å². The average molecular weight is 312 g/mol. The van der Waals surface area contributed by atoms with Crippen molar-refractivity contribution in [2.75, 3.05) is 25.6 Å². The van der Waals surface area contributed by atoms with Crippen LogP contribution in [0.1, 0.15) is 0 Å². The molecule has 0 spiro atoms. The van der Waals surface area contributed by atoms with E-state index in [2.05, 4.69) is 0 Å². The second kappa shape index (κ2) is 4.81. The summed E-state index contributed by atoms with van der Waals surface area (Å²) in [6, 6.07) is 0. The maximum atomic E-state index is 11.5. The summed E-state index contributed by atoms with van der Waals surface area (Å²) >= 11 is 0. The minimum absolute atomic E-state index is 0.0542. The number of Topliss-reactive ketones (excluding diaryl/α,β-unsaturated/α-hetero) is 1. The molecule has 1 aliphatic rings. The molecule has 0 aromatic heterocycles.